The monoisotopic (exact) mass is 350 g/mol. The molecule has 5 heteroatoms. The maximum absolute atomic E-state index is 5.71. The van der Waals surface area contributed by atoms with E-state index in [1.165, 1.54) is 0 Å². The molecule has 0 aliphatic carbocycles. The van der Waals surface area contributed by atoms with E-state index < -0.39 is 0 Å². The lowest BCUT2D eigenvalue weighted by Crippen LogP contribution is -2.29. The molecule has 1 aromatic carbocycles. The molecule has 114 valence electrons. The van der Waals surface area contributed by atoms with E-state index in [0.29, 0.717) is 6.04 Å². The molecule has 0 spiro atoms. The Kier molecular flexibility index (Phi) is 5.96. The Morgan fingerprint density at radius 3 is 2.43 bits per heavy atom. The molecule has 0 amide bonds. The highest BCUT2D eigenvalue weighted by molar-refractivity contribution is 9.10. The normalized spacial score (nSPS) is 12.8. The number of rotatable bonds is 7. The van der Waals surface area contributed by atoms with Crippen LogP contribution < -0.4 is 11.3 Å². The van der Waals surface area contributed by atoms with Gasteiger partial charge in [-0.05, 0) is 36.6 Å². The molecule has 0 saturated carbocycles. The van der Waals surface area contributed by atoms with Crippen molar-refractivity contribution in [3.63, 3.8) is 0 Å². The number of nitrogens with one attached hydrogen (secondary N) is 1. The second-order valence-electron chi connectivity index (χ2n) is 5.23. The summed E-state index contributed by atoms with van der Waals surface area (Å²) in [5.74, 6) is 5.71. The highest BCUT2D eigenvalue weighted by atomic mass is 79.9. The minimum absolute atomic E-state index is 0.0724. The van der Waals surface area contributed by atoms with E-state index in [4.69, 9.17) is 10.9 Å². The predicted molar refractivity (Wildman–Crippen MR) is 89.8 cm³/mol. The summed E-state index contributed by atoms with van der Waals surface area (Å²) < 4.78 is 3.14. The number of aromatic nitrogens is 2. The maximum Gasteiger partial charge on any atom is 0.0644 e. The number of hydrogen-bond acceptors (Lipinski definition) is 3. The summed E-state index contributed by atoms with van der Waals surface area (Å²) in [7, 11) is 0. The summed E-state index contributed by atoms with van der Waals surface area (Å²) in [6.07, 6.45) is 5.05. The van der Waals surface area contributed by atoms with E-state index in [9.17, 15) is 0 Å². The first-order chi connectivity index (χ1) is 10.2. The van der Waals surface area contributed by atoms with E-state index in [1.54, 1.807) is 0 Å². The van der Waals surface area contributed by atoms with Crippen molar-refractivity contribution in [1.82, 2.24) is 15.2 Å². The van der Waals surface area contributed by atoms with E-state index >= 15 is 0 Å². The smallest absolute Gasteiger partial charge is 0.0644 e. The number of benzene rings is 1. The van der Waals surface area contributed by atoms with Gasteiger partial charge in [0.05, 0.1) is 17.8 Å². The van der Waals surface area contributed by atoms with Crippen LogP contribution in [0.4, 0.5) is 0 Å². The first kappa shape index (κ1) is 16.2. The van der Waals surface area contributed by atoms with Crippen LogP contribution in [0.1, 0.15) is 50.0 Å². The van der Waals surface area contributed by atoms with Crippen LogP contribution in [0.5, 0.6) is 0 Å². The third kappa shape index (κ3) is 4.15. The van der Waals surface area contributed by atoms with Gasteiger partial charge < -0.3 is 0 Å². The van der Waals surface area contributed by atoms with Crippen molar-refractivity contribution in [2.45, 2.75) is 45.2 Å². The van der Waals surface area contributed by atoms with Crippen molar-refractivity contribution in [2.24, 2.45) is 5.84 Å². The summed E-state index contributed by atoms with van der Waals surface area (Å²) in [6, 6.07) is 10.9. The topological polar surface area (TPSA) is 55.9 Å². The van der Waals surface area contributed by atoms with Crippen LogP contribution in [0.3, 0.4) is 0 Å². The minimum atomic E-state index is 0.0724. The molecular formula is C16H23BrN4. The van der Waals surface area contributed by atoms with Gasteiger partial charge in [0.1, 0.15) is 0 Å². The second kappa shape index (κ2) is 7.73. The van der Waals surface area contributed by atoms with Crippen LogP contribution in [-0.4, -0.2) is 9.78 Å². The van der Waals surface area contributed by atoms with Crippen LogP contribution in [0, 0.1) is 0 Å². The Balaban J connectivity index is 2.10. The Morgan fingerprint density at radius 1 is 1.19 bits per heavy atom. The van der Waals surface area contributed by atoms with Gasteiger partial charge in [-0.15, -0.1) is 0 Å². The molecule has 0 fully saturated rings. The van der Waals surface area contributed by atoms with Crippen molar-refractivity contribution in [1.29, 1.82) is 0 Å². The highest BCUT2D eigenvalue weighted by Gasteiger charge is 2.14. The van der Waals surface area contributed by atoms with Crippen LogP contribution in [0.15, 0.2) is 41.0 Å². The van der Waals surface area contributed by atoms with Gasteiger partial charge in [0.2, 0.25) is 0 Å². The zero-order valence-electron chi connectivity index (χ0n) is 12.6. The molecule has 1 aromatic heterocycles. The Hall–Kier alpha value is -1.17. The molecule has 3 N–H and O–H groups in total. The zero-order valence-corrected chi connectivity index (χ0v) is 14.2. The standard InChI is InChI=1S/C16H23BrN4/c1-3-15(4-2)21-10-9-14(20-21)11-16(19-18)12-5-7-13(17)8-6-12/h5-10,15-16,19H,3-4,11,18H2,1-2H3. The van der Waals surface area contributed by atoms with Crippen LogP contribution >= 0.6 is 15.9 Å². The van der Waals surface area contributed by atoms with Gasteiger partial charge in [0.25, 0.3) is 0 Å². The average molecular weight is 351 g/mol. The van der Waals surface area contributed by atoms with Crippen LogP contribution in [0.25, 0.3) is 0 Å². The van der Waals surface area contributed by atoms with Gasteiger partial charge in [-0.25, -0.2) is 0 Å². The number of nitrogens with zero attached hydrogens (tertiary/aromatic N) is 2. The minimum Gasteiger partial charge on any atom is -0.271 e. The summed E-state index contributed by atoms with van der Waals surface area (Å²) >= 11 is 3.45. The van der Waals surface area contributed by atoms with Gasteiger partial charge in [-0.1, -0.05) is 41.9 Å². The summed E-state index contributed by atoms with van der Waals surface area (Å²) in [5.41, 5.74) is 5.12. The highest BCUT2D eigenvalue weighted by Crippen LogP contribution is 2.21. The maximum atomic E-state index is 5.71. The lowest BCUT2D eigenvalue weighted by atomic mass is 10.0. The molecule has 2 rings (SSSR count). The van der Waals surface area contributed by atoms with Gasteiger partial charge in [0, 0.05) is 17.1 Å². The van der Waals surface area contributed by atoms with Gasteiger partial charge in [-0.3, -0.25) is 16.0 Å². The average Bonchev–Trinajstić information content (AvgIpc) is 2.96. The lowest BCUT2D eigenvalue weighted by molar-refractivity contribution is 0.422. The predicted octanol–water partition coefficient (Wildman–Crippen LogP) is 3.75. The Morgan fingerprint density at radius 2 is 1.86 bits per heavy atom. The van der Waals surface area contributed by atoms with Crippen LogP contribution in [0.2, 0.25) is 0 Å². The fourth-order valence-electron chi connectivity index (χ4n) is 2.53. The van der Waals surface area contributed by atoms with E-state index in [1.807, 2.05) is 12.1 Å². The molecule has 1 heterocycles. The molecule has 0 aliphatic rings. The van der Waals surface area contributed by atoms with Gasteiger partial charge >= 0.3 is 0 Å². The lowest BCUT2D eigenvalue weighted by Gasteiger charge is -2.16. The van der Waals surface area contributed by atoms with Crippen molar-refractivity contribution in [2.75, 3.05) is 0 Å². The molecule has 4 nitrogen and oxygen atoms in total. The Bertz CT molecular complexity index is 546. The van der Waals surface area contributed by atoms with E-state index in [2.05, 4.69) is 64.3 Å². The molecule has 21 heavy (non-hydrogen) atoms. The summed E-state index contributed by atoms with van der Waals surface area (Å²) in [4.78, 5) is 0. The summed E-state index contributed by atoms with van der Waals surface area (Å²) in [6.45, 7) is 4.39. The first-order valence-corrected chi connectivity index (χ1v) is 8.22. The second-order valence-corrected chi connectivity index (χ2v) is 6.15. The van der Waals surface area contributed by atoms with E-state index in [0.717, 1.165) is 35.0 Å². The Labute approximate surface area is 134 Å². The number of hydrazine groups is 1. The molecule has 0 bridgehead atoms. The molecule has 2 aromatic rings. The fourth-order valence-corrected chi connectivity index (χ4v) is 2.79. The molecule has 0 radical (unpaired) electrons. The van der Waals surface area contributed by atoms with Gasteiger partial charge in [0.15, 0.2) is 0 Å². The number of halogens is 1. The first-order valence-electron chi connectivity index (χ1n) is 7.43. The zero-order chi connectivity index (χ0) is 15.2. The number of nitrogens with two attached hydrogens (primary N) is 1. The summed E-state index contributed by atoms with van der Waals surface area (Å²) in [5, 5.41) is 4.69. The van der Waals surface area contributed by atoms with Crippen LogP contribution in [-0.2, 0) is 6.42 Å². The fraction of sp³-hybridized carbons (Fsp3) is 0.438. The van der Waals surface area contributed by atoms with Gasteiger partial charge in [-0.2, -0.15) is 5.10 Å². The third-order valence-electron chi connectivity index (χ3n) is 3.87. The van der Waals surface area contributed by atoms with Crippen molar-refractivity contribution >= 4 is 15.9 Å². The van der Waals surface area contributed by atoms with E-state index in [-0.39, 0.29) is 6.04 Å². The molecule has 0 aliphatic heterocycles. The SMILES string of the molecule is CCC(CC)n1ccc(CC(NN)c2ccc(Br)cc2)n1. The molecule has 1 unspecified atom stereocenters. The molecule has 1 atom stereocenters. The largest absolute Gasteiger partial charge is 0.271 e. The molecule has 0 saturated heterocycles. The van der Waals surface area contributed by atoms with Crippen molar-refractivity contribution in [3.8, 4) is 0 Å². The number of hydrogen-bond donors (Lipinski definition) is 2. The quantitative estimate of drug-likeness (QED) is 0.590. The van der Waals surface area contributed by atoms with Crippen molar-refractivity contribution in [3.05, 3.63) is 52.3 Å². The van der Waals surface area contributed by atoms with Crippen molar-refractivity contribution < 1.29 is 0 Å². The molecular weight excluding hydrogens is 328 g/mol. The third-order valence-corrected chi connectivity index (χ3v) is 4.40.